The quantitative estimate of drug-likeness (QED) is 0.241. The highest BCUT2D eigenvalue weighted by atomic mass is 16.7. The van der Waals surface area contributed by atoms with Crippen LogP contribution in [0, 0.1) is 29.6 Å². The van der Waals surface area contributed by atoms with Crippen LogP contribution in [0.1, 0.15) is 101 Å². The number of aliphatic hydroxyl groups is 5. The third-order valence-corrected chi connectivity index (χ3v) is 12.3. The van der Waals surface area contributed by atoms with Gasteiger partial charge in [-0.3, -0.25) is 9.59 Å². The van der Waals surface area contributed by atoms with E-state index in [0.717, 1.165) is 0 Å². The number of hydrogen-bond donors (Lipinski definition) is 5. The standard InChI is InChI=1S/C38H69NO12/c1-14-27-38(10,46)32(43)22(5)28(40)20(3)17-36(8,45)33(51-35-29(41)26(39(11)12)16-21(4)48-35)23(6)30(24(7)34(44)50-27)49-25-15-19(2)31(42)37(9,18-25)47-13/h19-27,29-33,35,41-43,45-46H,14-18H2,1-13H3/t19-,20-,21-,22+,23+,24-,25-,26+,27-,29-,30+,31+,32-,33-,35+,36-,37-,38-/m1/s1. The number of ketones is 1. The van der Waals surface area contributed by atoms with E-state index in [2.05, 4.69) is 0 Å². The maximum Gasteiger partial charge on any atom is 0.311 e. The molecule has 18 atom stereocenters. The number of cyclic esters (lactones) is 1. The Morgan fingerprint density at radius 1 is 0.882 bits per heavy atom. The van der Waals surface area contributed by atoms with Crippen molar-refractivity contribution in [2.24, 2.45) is 29.6 Å². The second kappa shape index (κ2) is 17.0. The van der Waals surface area contributed by atoms with E-state index in [4.69, 9.17) is 23.7 Å². The summed E-state index contributed by atoms with van der Waals surface area (Å²) in [6.45, 7) is 16.9. The first-order valence-electron chi connectivity index (χ1n) is 18.8. The summed E-state index contributed by atoms with van der Waals surface area (Å²) >= 11 is 0. The van der Waals surface area contributed by atoms with Gasteiger partial charge in [-0.05, 0) is 80.3 Å². The Kier molecular flexibility index (Phi) is 14.7. The second-order valence-electron chi connectivity index (χ2n) is 17.0. The van der Waals surface area contributed by atoms with Gasteiger partial charge < -0.3 is 54.1 Å². The molecule has 3 fully saturated rings. The summed E-state index contributed by atoms with van der Waals surface area (Å²) in [7, 11) is 5.26. The van der Waals surface area contributed by atoms with Crippen molar-refractivity contribution in [1.82, 2.24) is 4.90 Å². The topological polar surface area (TPSA) is 185 Å². The van der Waals surface area contributed by atoms with Crippen molar-refractivity contribution in [3.63, 3.8) is 0 Å². The number of carbonyl (C=O) groups is 2. The fourth-order valence-electron chi connectivity index (χ4n) is 8.97. The number of hydrogen-bond acceptors (Lipinski definition) is 13. The number of methoxy groups -OCH3 is 1. The van der Waals surface area contributed by atoms with Gasteiger partial charge >= 0.3 is 5.97 Å². The molecule has 1 aliphatic carbocycles. The van der Waals surface area contributed by atoms with Crippen LogP contribution in [0.4, 0.5) is 0 Å². The molecule has 3 rings (SSSR count). The lowest BCUT2D eigenvalue weighted by Gasteiger charge is -2.49. The summed E-state index contributed by atoms with van der Waals surface area (Å²) in [5, 5.41) is 57.8. The lowest BCUT2D eigenvalue weighted by atomic mass is 9.73. The van der Waals surface area contributed by atoms with Gasteiger partial charge in [-0.2, -0.15) is 0 Å². The molecule has 1 saturated carbocycles. The van der Waals surface area contributed by atoms with Crippen LogP contribution in [0.25, 0.3) is 0 Å². The number of ether oxygens (including phenoxy) is 5. The number of aliphatic hydroxyl groups excluding tert-OH is 3. The maximum atomic E-state index is 14.1. The van der Waals surface area contributed by atoms with Gasteiger partial charge in [0.15, 0.2) is 6.29 Å². The van der Waals surface area contributed by atoms with Crippen LogP contribution >= 0.6 is 0 Å². The van der Waals surface area contributed by atoms with E-state index in [9.17, 15) is 35.1 Å². The first-order chi connectivity index (χ1) is 23.4. The van der Waals surface area contributed by atoms with E-state index in [0.29, 0.717) is 19.3 Å². The van der Waals surface area contributed by atoms with Crippen LogP contribution in [0.3, 0.4) is 0 Å². The number of carbonyl (C=O) groups excluding carboxylic acids is 2. The Morgan fingerprint density at radius 3 is 2.04 bits per heavy atom. The summed E-state index contributed by atoms with van der Waals surface area (Å²) in [4.78, 5) is 29.8. The monoisotopic (exact) mass is 731 g/mol. The van der Waals surface area contributed by atoms with Gasteiger partial charge in [0.2, 0.25) is 0 Å². The molecule has 3 aliphatic rings. The molecule has 51 heavy (non-hydrogen) atoms. The van der Waals surface area contributed by atoms with Crippen molar-refractivity contribution in [3.8, 4) is 0 Å². The summed E-state index contributed by atoms with van der Waals surface area (Å²) in [6, 6.07) is -0.304. The minimum atomic E-state index is -1.97. The van der Waals surface area contributed by atoms with Gasteiger partial charge in [-0.25, -0.2) is 0 Å². The first-order valence-corrected chi connectivity index (χ1v) is 18.8. The highest BCUT2D eigenvalue weighted by molar-refractivity contribution is 5.83. The summed E-state index contributed by atoms with van der Waals surface area (Å²) < 4.78 is 31.4. The molecule has 0 amide bonds. The lowest BCUT2D eigenvalue weighted by molar-refractivity contribution is -0.302. The zero-order valence-electron chi connectivity index (χ0n) is 33.2. The van der Waals surface area contributed by atoms with Crippen LogP contribution in [0.15, 0.2) is 0 Å². The highest BCUT2D eigenvalue weighted by Gasteiger charge is 2.53. The number of esters is 1. The molecule has 0 bridgehead atoms. The number of nitrogens with zero attached hydrogens (tertiary/aromatic N) is 1. The average molecular weight is 732 g/mol. The number of Topliss-reactive ketones (excluding diaryl/α,β-unsaturated/α-hetero) is 1. The predicted molar refractivity (Wildman–Crippen MR) is 189 cm³/mol. The molecule has 13 nitrogen and oxygen atoms in total. The fraction of sp³-hybridized carbons (Fsp3) is 0.947. The largest absolute Gasteiger partial charge is 0.459 e. The minimum Gasteiger partial charge on any atom is -0.459 e. The van der Waals surface area contributed by atoms with Gasteiger partial charge in [0, 0.05) is 37.3 Å². The van der Waals surface area contributed by atoms with Crippen LogP contribution < -0.4 is 0 Å². The van der Waals surface area contributed by atoms with Crippen LogP contribution in [0.2, 0.25) is 0 Å². The Hall–Kier alpha value is -1.26. The molecule has 298 valence electrons. The number of rotatable bonds is 7. The summed E-state index contributed by atoms with van der Waals surface area (Å²) in [5.74, 6) is -4.90. The van der Waals surface area contributed by atoms with Crippen LogP contribution in [0.5, 0.6) is 0 Å². The van der Waals surface area contributed by atoms with Gasteiger partial charge in [0.25, 0.3) is 0 Å². The van der Waals surface area contributed by atoms with Crippen molar-refractivity contribution < 1.29 is 58.8 Å². The lowest BCUT2D eigenvalue weighted by Crippen LogP contribution is -2.60. The molecule has 0 unspecified atom stereocenters. The highest BCUT2D eigenvalue weighted by Crippen LogP contribution is 2.42. The molecule has 13 heteroatoms. The summed E-state index contributed by atoms with van der Waals surface area (Å²) in [6.07, 6.45) is -7.22. The van der Waals surface area contributed by atoms with Crippen molar-refractivity contribution >= 4 is 11.8 Å². The molecule has 2 aliphatic heterocycles. The molecule has 2 heterocycles. The third kappa shape index (κ3) is 9.52. The van der Waals surface area contributed by atoms with Gasteiger partial charge in [0.05, 0.1) is 53.7 Å². The van der Waals surface area contributed by atoms with E-state index in [1.54, 1.807) is 34.6 Å². The zero-order valence-corrected chi connectivity index (χ0v) is 33.2. The molecule has 0 spiro atoms. The van der Waals surface area contributed by atoms with Crippen molar-refractivity contribution in [3.05, 3.63) is 0 Å². The van der Waals surface area contributed by atoms with E-state index >= 15 is 0 Å². The van der Waals surface area contributed by atoms with Crippen molar-refractivity contribution in [2.75, 3.05) is 21.2 Å². The van der Waals surface area contributed by atoms with Gasteiger partial charge in [-0.15, -0.1) is 0 Å². The second-order valence-corrected chi connectivity index (χ2v) is 17.0. The molecule has 0 aromatic carbocycles. The Morgan fingerprint density at radius 2 is 1.49 bits per heavy atom. The van der Waals surface area contributed by atoms with Gasteiger partial charge in [0.1, 0.15) is 23.6 Å². The number of likely N-dealkylation sites (N-methyl/N-ethyl adjacent to an activating group) is 1. The van der Waals surface area contributed by atoms with Crippen LogP contribution in [-0.2, 0) is 33.3 Å². The predicted octanol–water partition coefficient (Wildman–Crippen LogP) is 2.45. The molecule has 0 aromatic heterocycles. The zero-order chi connectivity index (χ0) is 39.0. The summed E-state index contributed by atoms with van der Waals surface area (Å²) in [5.41, 5.74) is -4.65. The SMILES string of the molecule is CC[C@H]1OC(=O)[C@H](C)[C@@H](O[C@@H]2C[C@@H](C)[C@H](O)[C@](C)(OC)C2)[C@H](C)[C@@H](O[C@@H]2O[C@H](C)C[C@H](N(C)C)[C@H]2O)[C@](C)(O)C[C@@H](C)C(=O)[C@H](C)[C@@H](O)[C@]1(C)O. The Balaban J connectivity index is 2.18. The smallest absolute Gasteiger partial charge is 0.311 e. The first kappa shape index (κ1) is 44.1. The Bertz CT molecular complexity index is 1170. The molecule has 0 aromatic rings. The molecule has 0 radical (unpaired) electrons. The van der Waals surface area contributed by atoms with Crippen molar-refractivity contribution in [2.45, 2.75) is 179 Å². The van der Waals surface area contributed by atoms with E-state index < -0.39 is 101 Å². The molecule has 5 N–H and O–H groups in total. The van der Waals surface area contributed by atoms with E-state index in [1.807, 2.05) is 39.8 Å². The third-order valence-electron chi connectivity index (χ3n) is 12.3. The average Bonchev–Trinajstić information content (AvgIpc) is 3.05. The van der Waals surface area contributed by atoms with E-state index in [1.165, 1.54) is 21.0 Å². The molecule has 2 saturated heterocycles. The minimum absolute atomic E-state index is 0.104. The normalized spacial score (nSPS) is 49.7. The van der Waals surface area contributed by atoms with Crippen LogP contribution in [-0.4, -0.2) is 141 Å². The van der Waals surface area contributed by atoms with Crippen molar-refractivity contribution in [1.29, 1.82) is 0 Å². The molecular formula is C38H69NO12. The van der Waals surface area contributed by atoms with E-state index in [-0.39, 0.29) is 30.9 Å². The fourth-order valence-corrected chi connectivity index (χ4v) is 8.97. The van der Waals surface area contributed by atoms with Gasteiger partial charge in [-0.1, -0.05) is 34.6 Å². The molecular weight excluding hydrogens is 662 g/mol. The Labute approximate surface area is 305 Å². The maximum absolute atomic E-state index is 14.1.